The minimum absolute atomic E-state index is 0.174. The van der Waals surface area contributed by atoms with Crippen molar-refractivity contribution in [2.45, 2.75) is 32.7 Å². The second-order valence-corrected chi connectivity index (χ2v) is 6.97. The topological polar surface area (TPSA) is 41.6 Å². The molecule has 2 rings (SSSR count). The second-order valence-electron chi connectivity index (χ2n) is 6.13. The fraction of sp³-hybridized carbons (Fsp3) is 0.611. The number of nitrogens with one attached hydrogen (secondary N) is 1. The van der Waals surface area contributed by atoms with Gasteiger partial charge in [-0.1, -0.05) is 49.9 Å². The third-order valence-electron chi connectivity index (χ3n) is 4.75. The van der Waals surface area contributed by atoms with E-state index in [1.807, 2.05) is 0 Å². The van der Waals surface area contributed by atoms with E-state index >= 15 is 0 Å². The first-order valence-corrected chi connectivity index (χ1v) is 9.37. The summed E-state index contributed by atoms with van der Waals surface area (Å²) in [6.45, 7) is 8.35. The first kappa shape index (κ1) is 19.5. The zero-order valence-electron chi connectivity index (χ0n) is 14.4. The summed E-state index contributed by atoms with van der Waals surface area (Å²) >= 11 is 12.1. The van der Waals surface area contributed by atoms with Crippen LogP contribution in [-0.2, 0) is 4.74 Å². The van der Waals surface area contributed by atoms with Crippen LogP contribution in [-0.4, -0.2) is 49.7 Å². The number of carbonyl (C=O) groups excluding carboxylic acids is 1. The highest BCUT2D eigenvalue weighted by Gasteiger charge is 2.27. The normalized spacial score (nSPS) is 17.0. The highest BCUT2D eigenvalue weighted by molar-refractivity contribution is 6.35. The Labute approximate surface area is 154 Å². The number of hydrogen-bond donors (Lipinski definition) is 1. The lowest BCUT2D eigenvalue weighted by molar-refractivity contribution is 0.00191. The number of rotatable bonds is 7. The molecule has 0 spiro atoms. The van der Waals surface area contributed by atoms with Gasteiger partial charge in [-0.15, -0.1) is 0 Å². The van der Waals surface area contributed by atoms with E-state index in [-0.39, 0.29) is 5.91 Å². The molecular weight excluding hydrogens is 347 g/mol. The van der Waals surface area contributed by atoms with Gasteiger partial charge in [0, 0.05) is 30.7 Å². The van der Waals surface area contributed by atoms with Crippen molar-refractivity contribution in [1.82, 2.24) is 10.2 Å². The summed E-state index contributed by atoms with van der Waals surface area (Å²) in [5, 5.41) is 3.98. The van der Waals surface area contributed by atoms with Crippen LogP contribution in [0.2, 0.25) is 10.0 Å². The highest BCUT2D eigenvalue weighted by Crippen LogP contribution is 2.22. The molecule has 0 aliphatic carbocycles. The fourth-order valence-electron chi connectivity index (χ4n) is 3.30. The second kappa shape index (κ2) is 9.62. The smallest absolute Gasteiger partial charge is 0.252 e. The molecule has 0 saturated carbocycles. The van der Waals surface area contributed by atoms with Crippen LogP contribution in [0.4, 0.5) is 0 Å². The quantitative estimate of drug-likeness (QED) is 0.789. The Balaban J connectivity index is 2.05. The summed E-state index contributed by atoms with van der Waals surface area (Å²) < 4.78 is 5.46. The number of amides is 1. The predicted molar refractivity (Wildman–Crippen MR) is 99.0 cm³/mol. The summed E-state index contributed by atoms with van der Waals surface area (Å²) in [6.07, 6.45) is 2.18. The van der Waals surface area contributed by atoms with E-state index in [9.17, 15) is 4.79 Å². The molecule has 134 valence electrons. The molecule has 4 nitrogen and oxygen atoms in total. The van der Waals surface area contributed by atoms with Crippen LogP contribution in [0.3, 0.4) is 0 Å². The van der Waals surface area contributed by atoms with E-state index in [0.717, 1.165) is 39.1 Å². The molecule has 1 heterocycles. The Morgan fingerprint density at radius 2 is 1.92 bits per heavy atom. The Bertz CT molecular complexity index is 544. The van der Waals surface area contributed by atoms with Crippen LogP contribution in [0.5, 0.6) is 0 Å². The zero-order chi connectivity index (χ0) is 17.5. The van der Waals surface area contributed by atoms with Crippen LogP contribution >= 0.6 is 23.2 Å². The number of carbonyl (C=O) groups is 1. The van der Waals surface area contributed by atoms with Crippen molar-refractivity contribution in [3.63, 3.8) is 0 Å². The predicted octanol–water partition coefficient (Wildman–Crippen LogP) is 3.86. The molecular formula is C18H26Cl2N2O2. The number of hydrogen-bond acceptors (Lipinski definition) is 3. The van der Waals surface area contributed by atoms with Crippen molar-refractivity contribution >= 4 is 29.1 Å². The number of nitrogens with zero attached hydrogens (tertiary/aromatic N) is 1. The molecule has 6 heteroatoms. The third kappa shape index (κ3) is 5.09. The van der Waals surface area contributed by atoms with Gasteiger partial charge in [0.2, 0.25) is 0 Å². The third-order valence-corrected chi connectivity index (χ3v) is 5.32. The molecule has 1 aliphatic heterocycles. The first-order chi connectivity index (χ1) is 11.6. The summed E-state index contributed by atoms with van der Waals surface area (Å²) in [6, 6.07) is 5.26. The van der Waals surface area contributed by atoms with Crippen molar-refractivity contribution in [1.29, 1.82) is 0 Å². The van der Waals surface area contributed by atoms with Gasteiger partial charge in [-0.25, -0.2) is 0 Å². The average Bonchev–Trinajstić information content (AvgIpc) is 2.61. The monoisotopic (exact) mass is 372 g/mol. The van der Waals surface area contributed by atoms with Crippen molar-refractivity contribution in [2.24, 2.45) is 5.92 Å². The molecule has 1 aromatic rings. The average molecular weight is 373 g/mol. The lowest BCUT2D eigenvalue weighted by Crippen LogP contribution is -2.52. The van der Waals surface area contributed by atoms with E-state index in [1.54, 1.807) is 18.2 Å². The van der Waals surface area contributed by atoms with Gasteiger partial charge in [0.1, 0.15) is 0 Å². The molecule has 0 unspecified atom stereocenters. The fourth-order valence-corrected chi connectivity index (χ4v) is 3.68. The Kier molecular flexibility index (Phi) is 7.82. The first-order valence-electron chi connectivity index (χ1n) is 8.61. The maximum absolute atomic E-state index is 12.5. The van der Waals surface area contributed by atoms with Gasteiger partial charge in [0.25, 0.3) is 5.91 Å². The van der Waals surface area contributed by atoms with Crippen molar-refractivity contribution in [3.8, 4) is 0 Å². The molecule has 0 bridgehead atoms. The number of ether oxygens (including phenoxy) is 1. The van der Waals surface area contributed by atoms with Gasteiger partial charge >= 0.3 is 0 Å². The lowest BCUT2D eigenvalue weighted by atomic mass is 9.92. The van der Waals surface area contributed by atoms with Crippen LogP contribution in [0.1, 0.15) is 37.0 Å². The van der Waals surface area contributed by atoms with Gasteiger partial charge < -0.3 is 10.1 Å². The summed E-state index contributed by atoms with van der Waals surface area (Å²) in [4.78, 5) is 14.9. The van der Waals surface area contributed by atoms with E-state index in [2.05, 4.69) is 24.1 Å². The molecule has 0 aromatic heterocycles. The van der Waals surface area contributed by atoms with E-state index in [0.29, 0.717) is 34.1 Å². The maximum Gasteiger partial charge on any atom is 0.252 e. The van der Waals surface area contributed by atoms with Crippen LogP contribution in [0.25, 0.3) is 0 Å². The number of benzene rings is 1. The van der Waals surface area contributed by atoms with Gasteiger partial charge in [-0.05, 0) is 24.1 Å². The maximum atomic E-state index is 12.5. The lowest BCUT2D eigenvalue weighted by Gasteiger charge is -2.38. The van der Waals surface area contributed by atoms with Gasteiger partial charge in [-0.3, -0.25) is 9.69 Å². The van der Waals surface area contributed by atoms with E-state index in [1.165, 1.54) is 0 Å². The van der Waals surface area contributed by atoms with Crippen LogP contribution < -0.4 is 5.32 Å². The van der Waals surface area contributed by atoms with E-state index in [4.69, 9.17) is 27.9 Å². The number of morpholine rings is 1. The SMILES string of the molecule is CCC(CC)[C@@H](CNC(=O)c1cc(Cl)ccc1Cl)N1CCOCC1. The summed E-state index contributed by atoms with van der Waals surface area (Å²) in [7, 11) is 0. The Morgan fingerprint density at radius 3 is 2.54 bits per heavy atom. The standard InChI is InChI=1S/C18H26Cl2N2O2/c1-3-13(4-2)17(22-7-9-24-10-8-22)12-21-18(23)15-11-14(19)5-6-16(15)20/h5-6,11,13,17H,3-4,7-10,12H2,1-2H3,(H,21,23)/t17-/m1/s1. The summed E-state index contributed by atoms with van der Waals surface area (Å²) in [5.41, 5.74) is 0.425. The molecule has 1 amide bonds. The Hall–Kier alpha value is -0.810. The molecule has 0 radical (unpaired) electrons. The zero-order valence-corrected chi connectivity index (χ0v) is 15.9. The minimum Gasteiger partial charge on any atom is -0.379 e. The molecule has 1 fully saturated rings. The van der Waals surface area contributed by atoms with Crippen LogP contribution in [0.15, 0.2) is 18.2 Å². The summed E-state index contributed by atoms with van der Waals surface area (Å²) in [5.74, 6) is 0.366. The minimum atomic E-state index is -0.174. The van der Waals surface area contributed by atoms with Crippen LogP contribution in [0, 0.1) is 5.92 Å². The largest absolute Gasteiger partial charge is 0.379 e. The highest BCUT2D eigenvalue weighted by atomic mass is 35.5. The van der Waals surface area contributed by atoms with Crippen molar-refractivity contribution < 1.29 is 9.53 Å². The van der Waals surface area contributed by atoms with Gasteiger partial charge in [0.15, 0.2) is 0 Å². The van der Waals surface area contributed by atoms with Gasteiger partial charge in [-0.2, -0.15) is 0 Å². The van der Waals surface area contributed by atoms with Crippen molar-refractivity contribution in [2.75, 3.05) is 32.8 Å². The van der Waals surface area contributed by atoms with E-state index < -0.39 is 0 Å². The molecule has 1 N–H and O–H groups in total. The van der Waals surface area contributed by atoms with Gasteiger partial charge in [0.05, 0.1) is 23.8 Å². The molecule has 1 atom stereocenters. The molecule has 24 heavy (non-hydrogen) atoms. The molecule has 1 aromatic carbocycles. The van der Waals surface area contributed by atoms with Crippen molar-refractivity contribution in [3.05, 3.63) is 33.8 Å². The number of halogens is 2. The molecule has 1 aliphatic rings. The molecule has 1 saturated heterocycles. The Morgan fingerprint density at radius 1 is 1.25 bits per heavy atom.